The van der Waals surface area contributed by atoms with Crippen molar-refractivity contribution in [3.05, 3.63) is 47.5 Å². The number of nitrogens with zero attached hydrogens (tertiary/aromatic N) is 4. The maximum atomic E-state index is 5.86. The van der Waals surface area contributed by atoms with E-state index in [1.165, 1.54) is 5.56 Å². The molecule has 0 amide bonds. The standard InChI is InChI=1S/C22H34N6O2/c1-17(15-29-16-19-8-5-4-6-9-19)12-23-22(24-13-20-10-7-11-30-20)25-14-21-27-26-18(2)28(21)3/h4-6,8-9,17,20H,7,10-16H2,1-3H3,(H2,23,24,25). The summed E-state index contributed by atoms with van der Waals surface area (Å²) in [6, 6.07) is 10.2. The summed E-state index contributed by atoms with van der Waals surface area (Å²) in [5, 5.41) is 15.1. The van der Waals surface area contributed by atoms with Crippen LogP contribution in [0.4, 0.5) is 0 Å². The van der Waals surface area contributed by atoms with Crippen molar-refractivity contribution < 1.29 is 9.47 Å². The second-order valence-electron chi connectivity index (χ2n) is 7.89. The maximum Gasteiger partial charge on any atom is 0.191 e. The molecule has 30 heavy (non-hydrogen) atoms. The van der Waals surface area contributed by atoms with Crippen LogP contribution in [-0.2, 0) is 29.7 Å². The minimum absolute atomic E-state index is 0.251. The van der Waals surface area contributed by atoms with Gasteiger partial charge in [0.1, 0.15) is 12.4 Å². The first-order chi connectivity index (χ1) is 14.6. The summed E-state index contributed by atoms with van der Waals surface area (Å²) >= 11 is 0. The third kappa shape index (κ3) is 7.11. The van der Waals surface area contributed by atoms with E-state index in [1.54, 1.807) is 0 Å². The van der Waals surface area contributed by atoms with Gasteiger partial charge in [0.25, 0.3) is 0 Å². The lowest BCUT2D eigenvalue weighted by Crippen LogP contribution is -2.43. The molecule has 0 aliphatic carbocycles. The predicted molar refractivity (Wildman–Crippen MR) is 117 cm³/mol. The van der Waals surface area contributed by atoms with Crippen LogP contribution < -0.4 is 10.6 Å². The molecule has 1 aliphatic rings. The summed E-state index contributed by atoms with van der Waals surface area (Å²) in [7, 11) is 1.96. The van der Waals surface area contributed by atoms with Crippen LogP contribution in [0, 0.1) is 12.8 Å². The molecule has 3 rings (SSSR count). The number of rotatable bonds is 10. The minimum Gasteiger partial charge on any atom is -0.376 e. The third-order valence-corrected chi connectivity index (χ3v) is 5.21. The van der Waals surface area contributed by atoms with Crippen molar-refractivity contribution in [3.8, 4) is 0 Å². The lowest BCUT2D eigenvalue weighted by molar-refractivity contribution is 0.0929. The number of aliphatic imine (C=N–C) groups is 1. The number of hydrogen-bond acceptors (Lipinski definition) is 5. The van der Waals surface area contributed by atoms with Gasteiger partial charge < -0.3 is 24.7 Å². The van der Waals surface area contributed by atoms with Crippen molar-refractivity contribution in [1.82, 2.24) is 25.4 Å². The van der Waals surface area contributed by atoms with Gasteiger partial charge in [0, 0.05) is 26.7 Å². The van der Waals surface area contributed by atoms with E-state index in [0.717, 1.165) is 50.1 Å². The van der Waals surface area contributed by atoms with Crippen molar-refractivity contribution >= 4 is 5.96 Å². The first-order valence-corrected chi connectivity index (χ1v) is 10.7. The Hall–Kier alpha value is -2.45. The zero-order valence-corrected chi connectivity index (χ0v) is 18.3. The fraction of sp³-hybridized carbons (Fsp3) is 0.591. The topological polar surface area (TPSA) is 85.6 Å². The summed E-state index contributed by atoms with van der Waals surface area (Å²) in [5.41, 5.74) is 1.19. The summed E-state index contributed by atoms with van der Waals surface area (Å²) in [5.74, 6) is 2.83. The molecule has 1 saturated heterocycles. The average molecular weight is 415 g/mol. The van der Waals surface area contributed by atoms with E-state index in [9.17, 15) is 0 Å². The van der Waals surface area contributed by atoms with Crippen LogP contribution in [0.25, 0.3) is 0 Å². The quantitative estimate of drug-likeness (QED) is 0.458. The van der Waals surface area contributed by atoms with Gasteiger partial charge in [-0.2, -0.15) is 0 Å². The Morgan fingerprint density at radius 3 is 2.83 bits per heavy atom. The molecule has 1 aromatic carbocycles. The Morgan fingerprint density at radius 2 is 2.13 bits per heavy atom. The molecular weight excluding hydrogens is 380 g/mol. The van der Waals surface area contributed by atoms with Crippen LogP contribution in [0.5, 0.6) is 0 Å². The van der Waals surface area contributed by atoms with Crippen LogP contribution in [0.1, 0.15) is 37.0 Å². The maximum absolute atomic E-state index is 5.86. The van der Waals surface area contributed by atoms with Crippen molar-refractivity contribution in [2.75, 3.05) is 26.3 Å². The summed E-state index contributed by atoms with van der Waals surface area (Å²) in [6.07, 6.45) is 2.47. The highest BCUT2D eigenvalue weighted by Crippen LogP contribution is 2.10. The number of ether oxygens (including phenoxy) is 2. The molecule has 2 aromatic rings. The second-order valence-corrected chi connectivity index (χ2v) is 7.89. The zero-order valence-electron chi connectivity index (χ0n) is 18.3. The Labute approximate surface area is 179 Å². The summed E-state index contributed by atoms with van der Waals surface area (Å²) in [4.78, 5) is 4.70. The Morgan fingerprint density at radius 1 is 1.30 bits per heavy atom. The molecule has 164 valence electrons. The Kier molecular flexibility index (Phi) is 8.65. The van der Waals surface area contributed by atoms with Gasteiger partial charge in [0.05, 0.1) is 19.3 Å². The highest BCUT2D eigenvalue weighted by Gasteiger charge is 2.16. The summed E-state index contributed by atoms with van der Waals surface area (Å²) < 4.78 is 13.5. The lowest BCUT2D eigenvalue weighted by Gasteiger charge is -2.18. The number of guanidine groups is 1. The fourth-order valence-electron chi connectivity index (χ4n) is 3.21. The number of aromatic nitrogens is 3. The number of hydrogen-bond donors (Lipinski definition) is 2. The van der Waals surface area contributed by atoms with E-state index in [0.29, 0.717) is 25.7 Å². The number of nitrogens with one attached hydrogen (secondary N) is 2. The van der Waals surface area contributed by atoms with Gasteiger partial charge in [0.2, 0.25) is 0 Å². The molecular formula is C22H34N6O2. The Bertz CT molecular complexity index is 786. The van der Waals surface area contributed by atoms with E-state index >= 15 is 0 Å². The van der Waals surface area contributed by atoms with Crippen LogP contribution in [0.2, 0.25) is 0 Å². The molecule has 0 saturated carbocycles. The number of aryl methyl sites for hydroxylation is 1. The first kappa shape index (κ1) is 22.2. The van der Waals surface area contributed by atoms with Crippen molar-refractivity contribution in [2.24, 2.45) is 18.0 Å². The number of benzene rings is 1. The zero-order chi connectivity index (χ0) is 21.2. The molecule has 2 heterocycles. The van der Waals surface area contributed by atoms with E-state index in [2.05, 4.69) is 39.9 Å². The van der Waals surface area contributed by atoms with E-state index in [4.69, 9.17) is 14.5 Å². The minimum atomic E-state index is 0.251. The van der Waals surface area contributed by atoms with Gasteiger partial charge >= 0.3 is 0 Å². The molecule has 0 spiro atoms. The largest absolute Gasteiger partial charge is 0.376 e. The van der Waals surface area contributed by atoms with Gasteiger partial charge in [0.15, 0.2) is 11.8 Å². The molecule has 2 unspecified atom stereocenters. The van der Waals surface area contributed by atoms with E-state index in [-0.39, 0.29) is 6.10 Å². The SMILES string of the molecule is Cc1nnc(CN=C(NCC(C)COCc2ccccc2)NCC2CCCO2)n1C. The molecule has 1 aliphatic heterocycles. The second kappa shape index (κ2) is 11.7. The Balaban J connectivity index is 1.47. The molecule has 0 radical (unpaired) electrons. The van der Waals surface area contributed by atoms with Crippen molar-refractivity contribution in [2.45, 2.75) is 45.9 Å². The van der Waals surface area contributed by atoms with Crippen LogP contribution in [0.15, 0.2) is 35.3 Å². The molecule has 1 aromatic heterocycles. The van der Waals surface area contributed by atoms with Crippen LogP contribution in [-0.4, -0.2) is 53.1 Å². The molecule has 1 fully saturated rings. The molecule has 2 N–H and O–H groups in total. The van der Waals surface area contributed by atoms with Gasteiger partial charge in [-0.3, -0.25) is 0 Å². The van der Waals surface area contributed by atoms with Gasteiger partial charge in [-0.25, -0.2) is 4.99 Å². The normalized spacial score (nSPS) is 17.8. The smallest absolute Gasteiger partial charge is 0.191 e. The molecule has 8 heteroatoms. The third-order valence-electron chi connectivity index (χ3n) is 5.21. The monoisotopic (exact) mass is 414 g/mol. The van der Waals surface area contributed by atoms with Crippen LogP contribution in [0.3, 0.4) is 0 Å². The van der Waals surface area contributed by atoms with Crippen molar-refractivity contribution in [3.63, 3.8) is 0 Å². The lowest BCUT2D eigenvalue weighted by atomic mass is 10.2. The van der Waals surface area contributed by atoms with Gasteiger partial charge in [-0.1, -0.05) is 37.3 Å². The van der Waals surface area contributed by atoms with E-state index < -0.39 is 0 Å². The van der Waals surface area contributed by atoms with Crippen molar-refractivity contribution in [1.29, 1.82) is 0 Å². The van der Waals surface area contributed by atoms with Gasteiger partial charge in [-0.15, -0.1) is 10.2 Å². The summed E-state index contributed by atoms with van der Waals surface area (Å²) in [6.45, 7) is 8.26. The average Bonchev–Trinajstić information content (AvgIpc) is 3.39. The van der Waals surface area contributed by atoms with Crippen LogP contribution >= 0.6 is 0 Å². The predicted octanol–water partition coefficient (Wildman–Crippen LogP) is 2.19. The molecule has 2 atom stereocenters. The van der Waals surface area contributed by atoms with E-state index in [1.807, 2.05) is 36.7 Å². The van der Waals surface area contributed by atoms with Gasteiger partial charge in [-0.05, 0) is 31.2 Å². The molecule has 8 nitrogen and oxygen atoms in total. The highest BCUT2D eigenvalue weighted by atomic mass is 16.5. The highest BCUT2D eigenvalue weighted by molar-refractivity contribution is 5.79. The molecule has 0 bridgehead atoms. The first-order valence-electron chi connectivity index (χ1n) is 10.7. The fourth-order valence-corrected chi connectivity index (χ4v) is 3.21.